The summed E-state index contributed by atoms with van der Waals surface area (Å²) in [7, 11) is 3.26. The molecule has 0 radical (unpaired) electrons. The van der Waals surface area contributed by atoms with Gasteiger partial charge in [0.15, 0.2) is 17.1 Å². The molecular weight excluding hydrogens is 346 g/mol. The number of ether oxygens (including phenoxy) is 4. The van der Waals surface area contributed by atoms with Crippen molar-refractivity contribution in [2.75, 3.05) is 34.0 Å². The number of imidazole rings is 1. The zero-order valence-corrected chi connectivity index (χ0v) is 16.0. The third kappa shape index (κ3) is 4.68. The van der Waals surface area contributed by atoms with Crippen molar-refractivity contribution < 1.29 is 18.9 Å². The van der Waals surface area contributed by atoms with Crippen molar-refractivity contribution in [3.8, 4) is 28.6 Å². The second kappa shape index (κ2) is 9.23. The fourth-order valence-electron chi connectivity index (χ4n) is 2.58. The fourth-order valence-corrected chi connectivity index (χ4v) is 2.58. The Kier molecular flexibility index (Phi) is 6.49. The average Bonchev–Trinajstić information content (AvgIpc) is 3.12. The second-order valence-corrected chi connectivity index (χ2v) is 6.01. The number of nitrogens with zero attached hydrogens (tertiary/aromatic N) is 3. The molecule has 3 aromatic rings. The first-order chi connectivity index (χ1) is 13.2. The van der Waals surface area contributed by atoms with Gasteiger partial charge < -0.3 is 18.9 Å². The van der Waals surface area contributed by atoms with Crippen LogP contribution in [-0.4, -0.2) is 48.6 Å². The summed E-state index contributed by atoms with van der Waals surface area (Å²) in [5.74, 6) is 1.92. The number of benzene rings is 1. The highest BCUT2D eigenvalue weighted by Gasteiger charge is 2.11. The van der Waals surface area contributed by atoms with E-state index in [9.17, 15) is 0 Å². The van der Waals surface area contributed by atoms with Crippen molar-refractivity contribution in [3.63, 3.8) is 0 Å². The third-order valence-corrected chi connectivity index (χ3v) is 4.05. The Labute approximate surface area is 158 Å². The van der Waals surface area contributed by atoms with Gasteiger partial charge in [-0.05, 0) is 30.7 Å². The van der Waals surface area contributed by atoms with Gasteiger partial charge in [-0.25, -0.2) is 9.50 Å². The van der Waals surface area contributed by atoms with Crippen LogP contribution in [-0.2, 0) is 4.74 Å². The fraction of sp³-hybridized carbons (Fsp3) is 0.400. The minimum atomic E-state index is 0.464. The van der Waals surface area contributed by atoms with Crippen LogP contribution in [0.4, 0.5) is 0 Å². The average molecular weight is 371 g/mol. The molecular formula is C20H25N3O4. The Hall–Kier alpha value is -2.80. The standard InChI is InChI=1S/C20H25N3O4/c1-4-5-10-27-20-9-8-19-21-16(14-23(19)22-20)15-6-7-17(18(13-15)25-3)26-12-11-24-2/h6-9,13-14H,4-5,10-12H2,1-3H3. The summed E-state index contributed by atoms with van der Waals surface area (Å²) < 4.78 is 23.5. The summed E-state index contributed by atoms with van der Waals surface area (Å²) in [6.07, 6.45) is 3.97. The highest BCUT2D eigenvalue weighted by Crippen LogP contribution is 2.32. The van der Waals surface area contributed by atoms with Crippen LogP contribution < -0.4 is 14.2 Å². The Balaban J connectivity index is 1.81. The van der Waals surface area contributed by atoms with Gasteiger partial charge in [0.05, 0.1) is 32.2 Å². The minimum absolute atomic E-state index is 0.464. The van der Waals surface area contributed by atoms with E-state index in [2.05, 4.69) is 17.0 Å². The molecule has 0 bridgehead atoms. The van der Waals surface area contributed by atoms with Crippen molar-refractivity contribution in [3.05, 3.63) is 36.5 Å². The first kappa shape index (κ1) is 19.0. The molecule has 0 N–H and O–H groups in total. The Bertz CT molecular complexity index is 879. The van der Waals surface area contributed by atoms with E-state index in [1.165, 1.54) is 0 Å². The number of unbranched alkanes of at least 4 members (excludes halogenated alkanes) is 1. The van der Waals surface area contributed by atoms with Crippen LogP contribution in [0.3, 0.4) is 0 Å². The molecule has 0 unspecified atom stereocenters. The van der Waals surface area contributed by atoms with Crippen LogP contribution in [0, 0.1) is 0 Å². The molecule has 0 aliphatic carbocycles. The molecule has 0 amide bonds. The van der Waals surface area contributed by atoms with E-state index in [0.717, 1.165) is 29.7 Å². The number of fused-ring (bicyclic) bond motifs is 1. The molecule has 0 saturated heterocycles. The molecule has 7 nitrogen and oxygen atoms in total. The second-order valence-electron chi connectivity index (χ2n) is 6.01. The Morgan fingerprint density at radius 1 is 0.963 bits per heavy atom. The zero-order chi connectivity index (χ0) is 19.1. The van der Waals surface area contributed by atoms with Crippen molar-refractivity contribution in [1.82, 2.24) is 14.6 Å². The van der Waals surface area contributed by atoms with Gasteiger partial charge in [0, 0.05) is 18.7 Å². The summed E-state index contributed by atoms with van der Waals surface area (Å²) in [6.45, 7) is 3.78. The molecule has 0 spiro atoms. The summed E-state index contributed by atoms with van der Waals surface area (Å²) in [6, 6.07) is 9.47. The lowest BCUT2D eigenvalue weighted by molar-refractivity contribution is 0.144. The summed E-state index contributed by atoms with van der Waals surface area (Å²) in [5.41, 5.74) is 2.48. The lowest BCUT2D eigenvalue weighted by Crippen LogP contribution is -2.05. The minimum Gasteiger partial charge on any atom is -0.493 e. The molecule has 0 atom stereocenters. The molecule has 3 rings (SSSR count). The molecule has 0 aliphatic rings. The van der Waals surface area contributed by atoms with Gasteiger partial charge in [-0.1, -0.05) is 13.3 Å². The number of methoxy groups -OCH3 is 2. The van der Waals surface area contributed by atoms with Crippen LogP contribution in [0.25, 0.3) is 16.9 Å². The molecule has 144 valence electrons. The van der Waals surface area contributed by atoms with E-state index in [4.69, 9.17) is 18.9 Å². The van der Waals surface area contributed by atoms with E-state index in [1.807, 2.05) is 36.5 Å². The van der Waals surface area contributed by atoms with E-state index >= 15 is 0 Å². The van der Waals surface area contributed by atoms with E-state index in [-0.39, 0.29) is 0 Å². The summed E-state index contributed by atoms with van der Waals surface area (Å²) in [5, 5.41) is 4.47. The molecule has 0 saturated carbocycles. The van der Waals surface area contributed by atoms with Crippen LogP contribution in [0.1, 0.15) is 19.8 Å². The lowest BCUT2D eigenvalue weighted by atomic mass is 10.1. The molecule has 0 fully saturated rings. The Morgan fingerprint density at radius 2 is 1.85 bits per heavy atom. The van der Waals surface area contributed by atoms with Crippen molar-refractivity contribution in [1.29, 1.82) is 0 Å². The quantitative estimate of drug-likeness (QED) is 0.507. The first-order valence-corrected chi connectivity index (χ1v) is 9.04. The number of rotatable bonds is 10. The SMILES string of the molecule is CCCCOc1ccc2nc(-c3ccc(OCCOC)c(OC)c3)cn2n1. The molecule has 2 heterocycles. The number of hydrogen-bond acceptors (Lipinski definition) is 6. The van der Waals surface area contributed by atoms with Gasteiger partial charge in [0.2, 0.25) is 5.88 Å². The van der Waals surface area contributed by atoms with Gasteiger partial charge >= 0.3 is 0 Å². The predicted molar refractivity (Wildman–Crippen MR) is 103 cm³/mol. The normalized spacial score (nSPS) is 10.9. The highest BCUT2D eigenvalue weighted by molar-refractivity contribution is 5.66. The Morgan fingerprint density at radius 3 is 2.63 bits per heavy atom. The maximum Gasteiger partial charge on any atom is 0.231 e. The van der Waals surface area contributed by atoms with E-state index in [0.29, 0.717) is 37.2 Å². The monoisotopic (exact) mass is 371 g/mol. The van der Waals surface area contributed by atoms with Crippen LogP contribution in [0.15, 0.2) is 36.5 Å². The maximum atomic E-state index is 5.68. The van der Waals surface area contributed by atoms with Crippen LogP contribution in [0.2, 0.25) is 0 Å². The smallest absolute Gasteiger partial charge is 0.231 e. The lowest BCUT2D eigenvalue weighted by Gasteiger charge is -2.11. The van der Waals surface area contributed by atoms with E-state index < -0.39 is 0 Å². The summed E-state index contributed by atoms with van der Waals surface area (Å²) in [4.78, 5) is 4.63. The molecule has 1 aromatic carbocycles. The van der Waals surface area contributed by atoms with Gasteiger partial charge in [-0.15, -0.1) is 5.10 Å². The van der Waals surface area contributed by atoms with Gasteiger partial charge in [-0.2, -0.15) is 0 Å². The van der Waals surface area contributed by atoms with E-state index in [1.54, 1.807) is 18.7 Å². The van der Waals surface area contributed by atoms with Crippen molar-refractivity contribution >= 4 is 5.65 Å². The van der Waals surface area contributed by atoms with Gasteiger partial charge in [0.1, 0.15) is 6.61 Å². The summed E-state index contributed by atoms with van der Waals surface area (Å²) >= 11 is 0. The first-order valence-electron chi connectivity index (χ1n) is 9.04. The van der Waals surface area contributed by atoms with Crippen molar-refractivity contribution in [2.45, 2.75) is 19.8 Å². The maximum absolute atomic E-state index is 5.68. The predicted octanol–water partition coefficient (Wildman–Crippen LogP) is 3.61. The molecule has 0 aliphatic heterocycles. The zero-order valence-electron chi connectivity index (χ0n) is 16.0. The number of hydrogen-bond donors (Lipinski definition) is 0. The largest absolute Gasteiger partial charge is 0.493 e. The molecule has 27 heavy (non-hydrogen) atoms. The van der Waals surface area contributed by atoms with Gasteiger partial charge in [0.25, 0.3) is 0 Å². The highest BCUT2D eigenvalue weighted by atomic mass is 16.5. The van der Waals surface area contributed by atoms with Crippen molar-refractivity contribution in [2.24, 2.45) is 0 Å². The topological polar surface area (TPSA) is 67.1 Å². The third-order valence-electron chi connectivity index (χ3n) is 4.05. The molecule has 2 aromatic heterocycles. The van der Waals surface area contributed by atoms with Crippen LogP contribution >= 0.6 is 0 Å². The van der Waals surface area contributed by atoms with Crippen LogP contribution in [0.5, 0.6) is 17.4 Å². The van der Waals surface area contributed by atoms with Gasteiger partial charge in [-0.3, -0.25) is 0 Å². The molecule has 7 heteroatoms. The number of aromatic nitrogens is 3.